The maximum absolute atomic E-state index is 6.32. The predicted molar refractivity (Wildman–Crippen MR) is 71.9 cm³/mol. The van der Waals surface area contributed by atoms with Gasteiger partial charge in [-0.05, 0) is 13.3 Å². The first-order chi connectivity index (χ1) is 9.15. The van der Waals surface area contributed by atoms with E-state index in [9.17, 15) is 0 Å². The molecule has 7 heteroatoms. The summed E-state index contributed by atoms with van der Waals surface area (Å²) < 4.78 is 6.84. The van der Waals surface area contributed by atoms with Crippen LogP contribution in [0, 0.1) is 6.92 Å². The Balaban J connectivity index is 2.00. The minimum atomic E-state index is 0.546. The van der Waals surface area contributed by atoms with Crippen molar-refractivity contribution in [3.05, 3.63) is 28.1 Å². The van der Waals surface area contributed by atoms with Crippen LogP contribution in [0.4, 0.5) is 0 Å². The van der Waals surface area contributed by atoms with Gasteiger partial charge in [-0.15, -0.1) is 0 Å². The average molecular weight is 284 g/mol. The molecular formula is C12H18ClN5O. The van der Waals surface area contributed by atoms with E-state index in [0.29, 0.717) is 24.8 Å². The summed E-state index contributed by atoms with van der Waals surface area (Å²) >= 11 is 6.32. The zero-order chi connectivity index (χ0) is 13.8. The van der Waals surface area contributed by atoms with Crippen molar-refractivity contribution in [1.82, 2.24) is 25.2 Å². The fourth-order valence-corrected chi connectivity index (χ4v) is 2.23. The van der Waals surface area contributed by atoms with Crippen molar-refractivity contribution in [3.63, 3.8) is 0 Å². The molecule has 19 heavy (non-hydrogen) atoms. The van der Waals surface area contributed by atoms with Crippen LogP contribution in [0.25, 0.3) is 0 Å². The fourth-order valence-electron chi connectivity index (χ4n) is 1.89. The maximum Gasteiger partial charge on any atom is 0.223 e. The van der Waals surface area contributed by atoms with Crippen molar-refractivity contribution in [3.8, 4) is 0 Å². The van der Waals surface area contributed by atoms with Gasteiger partial charge >= 0.3 is 0 Å². The van der Waals surface area contributed by atoms with Crippen molar-refractivity contribution < 1.29 is 4.52 Å². The van der Waals surface area contributed by atoms with E-state index < -0.39 is 0 Å². The molecule has 6 nitrogen and oxygen atoms in total. The van der Waals surface area contributed by atoms with Crippen LogP contribution in [0.15, 0.2) is 4.52 Å². The van der Waals surface area contributed by atoms with Crippen LogP contribution in [0.1, 0.15) is 37.0 Å². The van der Waals surface area contributed by atoms with Gasteiger partial charge in [0.2, 0.25) is 5.89 Å². The molecule has 0 atom stereocenters. The minimum Gasteiger partial charge on any atom is -0.340 e. The minimum absolute atomic E-state index is 0.546. The van der Waals surface area contributed by atoms with Crippen molar-refractivity contribution in [2.24, 2.45) is 0 Å². The molecule has 0 saturated heterocycles. The summed E-state index contributed by atoms with van der Waals surface area (Å²) in [6.07, 6.45) is 0.836. The van der Waals surface area contributed by atoms with Crippen LogP contribution >= 0.6 is 11.6 Å². The first kappa shape index (κ1) is 14.0. The molecule has 0 saturated carbocycles. The Hall–Kier alpha value is -1.40. The van der Waals surface area contributed by atoms with Crippen LogP contribution < -0.4 is 5.32 Å². The van der Waals surface area contributed by atoms with Gasteiger partial charge in [-0.1, -0.05) is 23.7 Å². The second-order valence-electron chi connectivity index (χ2n) is 4.21. The molecule has 1 N–H and O–H groups in total. The summed E-state index contributed by atoms with van der Waals surface area (Å²) in [7, 11) is 0. The number of hydrogen-bond donors (Lipinski definition) is 1. The van der Waals surface area contributed by atoms with E-state index in [2.05, 4.69) is 27.5 Å². The standard InChI is InChI=1S/C12H18ClN5O/c1-4-9-12(13)10(18(5-2)16-9)6-14-7-11-15-8(3)19-17-11/h14H,4-7H2,1-3H3. The SMILES string of the molecule is CCc1nn(CC)c(CNCc2noc(C)n2)c1Cl. The quantitative estimate of drug-likeness (QED) is 0.879. The number of halogens is 1. The fraction of sp³-hybridized carbons (Fsp3) is 0.583. The molecule has 2 heterocycles. The zero-order valence-corrected chi connectivity index (χ0v) is 12.2. The largest absolute Gasteiger partial charge is 0.340 e. The highest BCUT2D eigenvalue weighted by molar-refractivity contribution is 6.31. The van der Waals surface area contributed by atoms with Gasteiger partial charge in [-0.25, -0.2) is 0 Å². The second-order valence-corrected chi connectivity index (χ2v) is 4.59. The van der Waals surface area contributed by atoms with Gasteiger partial charge in [0.25, 0.3) is 0 Å². The third kappa shape index (κ3) is 3.13. The zero-order valence-electron chi connectivity index (χ0n) is 11.4. The van der Waals surface area contributed by atoms with Crippen LogP contribution in [0.5, 0.6) is 0 Å². The normalized spacial score (nSPS) is 11.2. The number of nitrogens with one attached hydrogen (secondary N) is 1. The van der Waals surface area contributed by atoms with Crippen LogP contribution in [0.3, 0.4) is 0 Å². The molecule has 0 fully saturated rings. The lowest BCUT2D eigenvalue weighted by Crippen LogP contribution is -2.17. The molecule has 2 aromatic rings. The van der Waals surface area contributed by atoms with Crippen LogP contribution in [-0.2, 0) is 26.1 Å². The molecule has 0 amide bonds. The molecule has 0 bridgehead atoms. The van der Waals surface area contributed by atoms with Crippen LogP contribution in [-0.4, -0.2) is 19.9 Å². The van der Waals surface area contributed by atoms with Crippen LogP contribution in [0.2, 0.25) is 5.02 Å². The molecule has 2 aromatic heterocycles. The monoisotopic (exact) mass is 283 g/mol. The summed E-state index contributed by atoms with van der Waals surface area (Å²) in [6, 6.07) is 0. The van der Waals surface area contributed by atoms with Crippen molar-refractivity contribution in [2.45, 2.75) is 46.8 Å². The lowest BCUT2D eigenvalue weighted by molar-refractivity contribution is 0.385. The number of aromatic nitrogens is 4. The van der Waals surface area contributed by atoms with Gasteiger partial charge in [-0.2, -0.15) is 10.1 Å². The van der Waals surface area contributed by atoms with E-state index in [4.69, 9.17) is 16.1 Å². The number of rotatable bonds is 6. The molecule has 0 aliphatic carbocycles. The smallest absolute Gasteiger partial charge is 0.223 e. The maximum atomic E-state index is 6.32. The Morgan fingerprint density at radius 3 is 2.68 bits per heavy atom. The Labute approximate surface area is 117 Å². The van der Waals surface area contributed by atoms with Gasteiger partial charge < -0.3 is 9.84 Å². The molecule has 0 aliphatic heterocycles. The summed E-state index contributed by atoms with van der Waals surface area (Å²) in [5.74, 6) is 1.22. The van der Waals surface area contributed by atoms with E-state index in [-0.39, 0.29) is 0 Å². The van der Waals surface area contributed by atoms with Crippen molar-refractivity contribution >= 4 is 11.6 Å². The van der Waals surface area contributed by atoms with Crippen molar-refractivity contribution in [1.29, 1.82) is 0 Å². The average Bonchev–Trinajstić information content (AvgIpc) is 2.94. The van der Waals surface area contributed by atoms with Gasteiger partial charge in [-0.3, -0.25) is 4.68 Å². The first-order valence-electron chi connectivity index (χ1n) is 6.39. The lowest BCUT2D eigenvalue weighted by Gasteiger charge is -2.05. The molecule has 0 aromatic carbocycles. The molecule has 0 aliphatic rings. The summed E-state index contributed by atoms with van der Waals surface area (Å²) in [4.78, 5) is 4.13. The van der Waals surface area contributed by atoms with Gasteiger partial charge in [0.15, 0.2) is 5.82 Å². The number of aryl methyl sites for hydroxylation is 3. The summed E-state index contributed by atoms with van der Waals surface area (Å²) in [6.45, 7) is 7.85. The van der Waals surface area contributed by atoms with Gasteiger partial charge in [0.1, 0.15) is 0 Å². The number of hydrogen-bond acceptors (Lipinski definition) is 5. The first-order valence-corrected chi connectivity index (χ1v) is 6.77. The Kier molecular flexibility index (Phi) is 4.55. The molecule has 104 valence electrons. The summed E-state index contributed by atoms with van der Waals surface area (Å²) in [5.41, 5.74) is 1.94. The third-order valence-corrected chi connectivity index (χ3v) is 3.28. The predicted octanol–water partition coefficient (Wildman–Crippen LogP) is 2.10. The molecule has 0 radical (unpaired) electrons. The van der Waals surface area contributed by atoms with Gasteiger partial charge in [0.05, 0.1) is 23.0 Å². The molecular weight excluding hydrogens is 266 g/mol. The van der Waals surface area contributed by atoms with E-state index in [1.165, 1.54) is 0 Å². The highest BCUT2D eigenvalue weighted by Crippen LogP contribution is 2.21. The van der Waals surface area contributed by atoms with E-state index in [1.54, 1.807) is 6.92 Å². The molecule has 0 spiro atoms. The second kappa shape index (κ2) is 6.16. The highest BCUT2D eigenvalue weighted by atomic mass is 35.5. The summed E-state index contributed by atoms with van der Waals surface area (Å²) in [5, 5.41) is 12.3. The Bertz CT molecular complexity index is 548. The topological polar surface area (TPSA) is 68.8 Å². The molecule has 0 unspecified atom stereocenters. The van der Waals surface area contributed by atoms with E-state index >= 15 is 0 Å². The number of nitrogens with zero attached hydrogens (tertiary/aromatic N) is 4. The Morgan fingerprint density at radius 1 is 1.32 bits per heavy atom. The highest BCUT2D eigenvalue weighted by Gasteiger charge is 2.14. The van der Waals surface area contributed by atoms with Gasteiger partial charge in [0, 0.05) is 20.0 Å². The van der Waals surface area contributed by atoms with E-state index in [0.717, 1.165) is 29.4 Å². The van der Waals surface area contributed by atoms with Crippen molar-refractivity contribution in [2.75, 3.05) is 0 Å². The van der Waals surface area contributed by atoms with E-state index in [1.807, 2.05) is 11.6 Å². The third-order valence-electron chi connectivity index (χ3n) is 2.84. The molecule has 2 rings (SSSR count). The lowest BCUT2D eigenvalue weighted by atomic mass is 10.3. The Morgan fingerprint density at radius 2 is 2.11 bits per heavy atom.